The molecule has 0 saturated carbocycles. The first kappa shape index (κ1) is 14.3. The molecule has 0 radical (unpaired) electrons. The highest BCUT2D eigenvalue weighted by atomic mass is 32.2. The van der Waals surface area contributed by atoms with Crippen molar-refractivity contribution in [2.45, 2.75) is 38.0 Å². The number of urea groups is 1. The van der Waals surface area contributed by atoms with E-state index in [4.69, 9.17) is 0 Å². The van der Waals surface area contributed by atoms with Gasteiger partial charge in [0.1, 0.15) is 0 Å². The van der Waals surface area contributed by atoms with Gasteiger partial charge in [0, 0.05) is 19.1 Å². The van der Waals surface area contributed by atoms with Crippen LogP contribution in [0.25, 0.3) is 0 Å². The Morgan fingerprint density at radius 1 is 1.21 bits per heavy atom. The van der Waals surface area contributed by atoms with Crippen molar-refractivity contribution >= 4 is 22.0 Å². The zero-order chi connectivity index (χ0) is 14.2. The molecule has 2 saturated heterocycles. The van der Waals surface area contributed by atoms with Crippen LogP contribution in [0.4, 0.5) is 4.79 Å². The summed E-state index contributed by atoms with van der Waals surface area (Å²) in [6.45, 7) is 4.07. The molecule has 108 valence electrons. The number of imide groups is 1. The molecule has 2 aliphatic heterocycles. The van der Waals surface area contributed by atoms with Crippen molar-refractivity contribution in [2.24, 2.45) is 0 Å². The third-order valence-electron chi connectivity index (χ3n) is 3.62. The van der Waals surface area contributed by atoms with E-state index >= 15 is 0 Å². The normalized spacial score (nSPS) is 23.2. The number of nitrogens with zero attached hydrogens (tertiary/aromatic N) is 2. The second kappa shape index (κ2) is 5.09. The molecule has 2 heterocycles. The van der Waals surface area contributed by atoms with Crippen LogP contribution in [0, 0.1) is 0 Å². The van der Waals surface area contributed by atoms with Crippen molar-refractivity contribution in [1.29, 1.82) is 0 Å². The topological polar surface area (TPSA) is 86.8 Å². The van der Waals surface area contributed by atoms with Crippen LogP contribution in [0.3, 0.4) is 0 Å². The van der Waals surface area contributed by atoms with Gasteiger partial charge in [-0.05, 0) is 26.7 Å². The number of rotatable bonds is 3. The molecule has 7 nitrogen and oxygen atoms in total. The van der Waals surface area contributed by atoms with Crippen LogP contribution in [-0.4, -0.2) is 60.5 Å². The van der Waals surface area contributed by atoms with E-state index in [1.54, 1.807) is 13.8 Å². The van der Waals surface area contributed by atoms with E-state index in [-0.39, 0.29) is 24.5 Å². The van der Waals surface area contributed by atoms with Crippen molar-refractivity contribution < 1.29 is 18.0 Å². The van der Waals surface area contributed by atoms with E-state index in [1.807, 2.05) is 0 Å². The van der Waals surface area contributed by atoms with Crippen LogP contribution in [0.15, 0.2) is 0 Å². The minimum absolute atomic E-state index is 0.0450. The first-order valence-corrected chi connectivity index (χ1v) is 7.93. The maximum Gasteiger partial charge on any atom is 0.324 e. The minimum Gasteiger partial charge on any atom is -0.329 e. The van der Waals surface area contributed by atoms with Gasteiger partial charge in [0.25, 0.3) is 0 Å². The number of carbonyl (C=O) groups is 2. The molecule has 8 heteroatoms. The molecule has 0 unspecified atom stereocenters. The van der Waals surface area contributed by atoms with E-state index in [9.17, 15) is 18.0 Å². The second-order valence-electron chi connectivity index (χ2n) is 5.15. The SMILES string of the molecule is CC(C)S(=O)(=O)N1CCC(N2C(=O)CNC2=O)CC1. The Morgan fingerprint density at radius 3 is 2.21 bits per heavy atom. The lowest BCUT2D eigenvalue weighted by Crippen LogP contribution is -2.50. The number of amides is 3. The summed E-state index contributed by atoms with van der Waals surface area (Å²) in [5.74, 6) is -0.227. The van der Waals surface area contributed by atoms with E-state index in [1.165, 1.54) is 9.21 Å². The van der Waals surface area contributed by atoms with E-state index in [0.717, 1.165) is 0 Å². The molecule has 3 amide bonds. The Balaban J connectivity index is 2.00. The maximum atomic E-state index is 12.0. The summed E-state index contributed by atoms with van der Waals surface area (Å²) in [4.78, 5) is 24.3. The third kappa shape index (κ3) is 2.59. The molecule has 0 aliphatic carbocycles. The van der Waals surface area contributed by atoms with Crippen molar-refractivity contribution in [3.8, 4) is 0 Å². The van der Waals surface area contributed by atoms with Crippen LogP contribution in [-0.2, 0) is 14.8 Å². The molecule has 0 aromatic heterocycles. The van der Waals surface area contributed by atoms with Gasteiger partial charge in [-0.25, -0.2) is 17.5 Å². The summed E-state index contributed by atoms with van der Waals surface area (Å²) in [7, 11) is -3.24. The summed E-state index contributed by atoms with van der Waals surface area (Å²) >= 11 is 0. The fourth-order valence-corrected chi connectivity index (χ4v) is 3.77. The maximum absolute atomic E-state index is 12.0. The number of sulfonamides is 1. The van der Waals surface area contributed by atoms with Gasteiger partial charge in [-0.3, -0.25) is 9.69 Å². The van der Waals surface area contributed by atoms with Gasteiger partial charge >= 0.3 is 6.03 Å². The molecule has 2 fully saturated rings. The number of nitrogens with one attached hydrogen (secondary N) is 1. The predicted molar refractivity (Wildman–Crippen MR) is 68.9 cm³/mol. The van der Waals surface area contributed by atoms with E-state index in [2.05, 4.69) is 5.32 Å². The molecule has 0 bridgehead atoms. The molecular formula is C11H19N3O4S. The molecular weight excluding hydrogens is 270 g/mol. The zero-order valence-corrected chi connectivity index (χ0v) is 11.9. The van der Waals surface area contributed by atoms with Crippen LogP contribution in [0.1, 0.15) is 26.7 Å². The lowest BCUT2D eigenvalue weighted by molar-refractivity contribution is -0.127. The number of carbonyl (C=O) groups excluding carboxylic acids is 2. The van der Waals surface area contributed by atoms with Gasteiger partial charge in [-0.2, -0.15) is 0 Å². The molecule has 0 aromatic carbocycles. The Bertz CT molecular complexity index is 464. The minimum atomic E-state index is -3.24. The summed E-state index contributed by atoms with van der Waals surface area (Å²) < 4.78 is 25.5. The monoisotopic (exact) mass is 289 g/mol. The van der Waals surface area contributed by atoms with Gasteiger partial charge in [-0.1, -0.05) is 0 Å². The van der Waals surface area contributed by atoms with Crippen molar-refractivity contribution in [3.05, 3.63) is 0 Å². The second-order valence-corrected chi connectivity index (χ2v) is 7.64. The summed E-state index contributed by atoms with van der Waals surface area (Å²) in [5.41, 5.74) is 0. The molecule has 1 N–H and O–H groups in total. The van der Waals surface area contributed by atoms with Gasteiger partial charge in [0.15, 0.2) is 0 Å². The molecule has 0 aromatic rings. The largest absolute Gasteiger partial charge is 0.329 e. The van der Waals surface area contributed by atoms with Crippen LogP contribution >= 0.6 is 0 Å². The number of piperidine rings is 1. The van der Waals surface area contributed by atoms with Crippen LogP contribution in [0.2, 0.25) is 0 Å². The molecule has 0 spiro atoms. The van der Waals surface area contributed by atoms with E-state index < -0.39 is 15.3 Å². The average molecular weight is 289 g/mol. The number of hydrogen-bond acceptors (Lipinski definition) is 4. The predicted octanol–water partition coefficient (Wildman–Crippen LogP) is -0.259. The Hall–Kier alpha value is -1.15. The zero-order valence-electron chi connectivity index (χ0n) is 11.1. The lowest BCUT2D eigenvalue weighted by Gasteiger charge is -2.35. The first-order valence-electron chi connectivity index (χ1n) is 6.43. The Morgan fingerprint density at radius 2 is 1.79 bits per heavy atom. The van der Waals surface area contributed by atoms with Crippen molar-refractivity contribution in [2.75, 3.05) is 19.6 Å². The van der Waals surface area contributed by atoms with Gasteiger partial charge in [0.2, 0.25) is 15.9 Å². The van der Waals surface area contributed by atoms with E-state index in [0.29, 0.717) is 25.9 Å². The van der Waals surface area contributed by atoms with Crippen LogP contribution in [0.5, 0.6) is 0 Å². The average Bonchev–Trinajstić information content (AvgIpc) is 2.69. The third-order valence-corrected chi connectivity index (χ3v) is 5.90. The highest BCUT2D eigenvalue weighted by Crippen LogP contribution is 2.22. The fourth-order valence-electron chi connectivity index (χ4n) is 2.46. The summed E-state index contributed by atoms with van der Waals surface area (Å²) in [5, 5.41) is 2.04. The lowest BCUT2D eigenvalue weighted by atomic mass is 10.1. The molecule has 0 atom stereocenters. The quantitative estimate of drug-likeness (QED) is 0.725. The first-order chi connectivity index (χ1) is 8.84. The fraction of sp³-hybridized carbons (Fsp3) is 0.818. The Labute approximate surface area is 113 Å². The highest BCUT2D eigenvalue weighted by Gasteiger charge is 2.38. The van der Waals surface area contributed by atoms with Crippen molar-refractivity contribution in [1.82, 2.24) is 14.5 Å². The summed E-state index contributed by atoms with van der Waals surface area (Å²) in [6, 6.07) is -0.552. The smallest absolute Gasteiger partial charge is 0.324 e. The van der Waals surface area contributed by atoms with Crippen LogP contribution < -0.4 is 5.32 Å². The Kier molecular flexibility index (Phi) is 3.82. The van der Waals surface area contributed by atoms with Gasteiger partial charge in [0.05, 0.1) is 11.8 Å². The van der Waals surface area contributed by atoms with Crippen molar-refractivity contribution in [3.63, 3.8) is 0 Å². The van der Waals surface area contributed by atoms with Gasteiger partial charge < -0.3 is 5.32 Å². The molecule has 2 rings (SSSR count). The van der Waals surface area contributed by atoms with Gasteiger partial charge in [-0.15, -0.1) is 0 Å². The summed E-state index contributed by atoms with van der Waals surface area (Å²) in [6.07, 6.45) is 1.01. The molecule has 2 aliphatic rings. The molecule has 19 heavy (non-hydrogen) atoms. The number of hydrogen-bond donors (Lipinski definition) is 1. The standard InChI is InChI=1S/C11H19N3O4S/c1-8(2)19(17,18)13-5-3-9(4-6-13)14-10(15)7-12-11(14)16/h8-9H,3-7H2,1-2H3,(H,12,16). The highest BCUT2D eigenvalue weighted by molar-refractivity contribution is 7.89.